The van der Waals surface area contributed by atoms with Crippen LogP contribution >= 0.6 is 0 Å². The summed E-state index contributed by atoms with van der Waals surface area (Å²) in [6.07, 6.45) is 9.32. The Hall–Kier alpha value is -1.77. The molecule has 4 aliphatic carbocycles. The van der Waals surface area contributed by atoms with Crippen LogP contribution in [0.3, 0.4) is 0 Å². The molecule has 0 radical (unpaired) electrons. The van der Waals surface area contributed by atoms with Crippen molar-refractivity contribution in [1.82, 2.24) is 5.32 Å². The molecule has 154 valence electrons. The maximum Gasteiger partial charge on any atom is 0.163 e. The molecule has 1 aromatic carbocycles. The van der Waals surface area contributed by atoms with Crippen LogP contribution in [-0.4, -0.2) is 25.4 Å². The number of carbonyl (C=O) groups is 1. The third-order valence-electron chi connectivity index (χ3n) is 9.43. The molecule has 1 heterocycles. The van der Waals surface area contributed by atoms with Crippen molar-refractivity contribution < 1.29 is 4.79 Å². The lowest BCUT2D eigenvalue weighted by Crippen LogP contribution is -2.59. The van der Waals surface area contributed by atoms with Crippen LogP contribution in [0, 0.1) is 35.5 Å². The molecular weight excluding hydrogens is 356 g/mol. The van der Waals surface area contributed by atoms with Gasteiger partial charge in [-0.1, -0.05) is 6.07 Å². The van der Waals surface area contributed by atoms with Gasteiger partial charge in [0.05, 0.1) is 0 Å². The first-order valence-electron chi connectivity index (χ1n) is 11.5. The molecular formula is C26H34N2O. The molecule has 6 rings (SSSR count). The lowest BCUT2D eigenvalue weighted by molar-refractivity contribution is -0.177. The molecule has 29 heavy (non-hydrogen) atoms. The summed E-state index contributed by atoms with van der Waals surface area (Å²) >= 11 is 0. The van der Waals surface area contributed by atoms with E-state index in [1.54, 1.807) is 0 Å². The second-order valence-electron chi connectivity index (χ2n) is 11.8. The first-order chi connectivity index (χ1) is 13.6. The van der Waals surface area contributed by atoms with E-state index in [4.69, 9.17) is 0 Å². The second kappa shape index (κ2) is 5.28. The molecule has 0 amide bonds. The molecule has 5 aliphatic rings. The summed E-state index contributed by atoms with van der Waals surface area (Å²) in [5, 5.41) is 3.72. The summed E-state index contributed by atoms with van der Waals surface area (Å²) in [6, 6.07) is 4.62. The molecule has 0 aromatic heterocycles. The molecule has 1 aromatic rings. The number of allylic oxidation sites excluding steroid dienone is 1. The van der Waals surface area contributed by atoms with Gasteiger partial charge in [-0.3, -0.25) is 4.79 Å². The quantitative estimate of drug-likeness (QED) is 0.758. The second-order valence-corrected chi connectivity index (χ2v) is 11.8. The fourth-order valence-electron chi connectivity index (χ4n) is 8.35. The standard InChI is InChI=1S/C26H34N2O/c1-15-6-16-11-24(2,3)27-21(20(16)9-22(15)28(4)5)10-23(29)25-12-18-7-17-8-19(13-25)26(17,18)14-25/h6,9-10,17-19,27H,7-8,11-14H2,1-5H3/b21-10-. The van der Waals surface area contributed by atoms with E-state index in [0.717, 1.165) is 42.7 Å². The first kappa shape index (κ1) is 18.0. The Kier molecular flexibility index (Phi) is 3.28. The lowest BCUT2D eigenvalue weighted by Gasteiger charge is -2.66. The molecule has 3 heteroatoms. The summed E-state index contributed by atoms with van der Waals surface area (Å²) in [4.78, 5) is 15.9. The Morgan fingerprint density at radius 2 is 1.83 bits per heavy atom. The zero-order valence-electron chi connectivity index (χ0n) is 18.6. The number of anilines is 1. The summed E-state index contributed by atoms with van der Waals surface area (Å²) in [7, 11) is 4.20. The highest BCUT2D eigenvalue weighted by Gasteiger charge is 2.78. The zero-order valence-corrected chi connectivity index (χ0v) is 18.6. The average Bonchev–Trinajstić information content (AvgIpc) is 3.08. The topological polar surface area (TPSA) is 32.3 Å². The van der Waals surface area contributed by atoms with Gasteiger partial charge in [0.15, 0.2) is 5.78 Å². The first-order valence-corrected chi connectivity index (χ1v) is 11.5. The highest BCUT2D eigenvalue weighted by molar-refractivity contribution is 6.02. The predicted molar refractivity (Wildman–Crippen MR) is 118 cm³/mol. The number of hydrogen-bond acceptors (Lipinski definition) is 3. The van der Waals surface area contributed by atoms with Crippen molar-refractivity contribution >= 4 is 17.2 Å². The number of hydrogen-bond donors (Lipinski definition) is 1. The van der Waals surface area contributed by atoms with Crippen molar-refractivity contribution in [3.05, 3.63) is 34.9 Å². The minimum absolute atomic E-state index is 0.0317. The van der Waals surface area contributed by atoms with Gasteiger partial charge in [-0.15, -0.1) is 0 Å². The molecule has 3 nitrogen and oxygen atoms in total. The Morgan fingerprint density at radius 3 is 2.41 bits per heavy atom. The maximum absolute atomic E-state index is 13.8. The van der Waals surface area contributed by atoms with Crippen molar-refractivity contribution in [3.8, 4) is 0 Å². The smallest absolute Gasteiger partial charge is 0.163 e. The molecule has 4 saturated carbocycles. The molecule has 2 unspecified atom stereocenters. The van der Waals surface area contributed by atoms with E-state index >= 15 is 0 Å². The molecule has 1 N–H and O–H groups in total. The lowest BCUT2D eigenvalue weighted by atomic mass is 9.38. The maximum atomic E-state index is 13.8. The summed E-state index contributed by atoms with van der Waals surface area (Å²) in [6.45, 7) is 6.68. The van der Waals surface area contributed by atoms with Crippen LogP contribution < -0.4 is 10.2 Å². The van der Waals surface area contributed by atoms with Gasteiger partial charge in [0, 0.05) is 48.1 Å². The highest BCUT2D eigenvalue weighted by atomic mass is 16.1. The van der Waals surface area contributed by atoms with Crippen molar-refractivity contribution in [2.75, 3.05) is 19.0 Å². The number of rotatable bonds is 3. The molecule has 2 bridgehead atoms. The van der Waals surface area contributed by atoms with Crippen LogP contribution in [0.2, 0.25) is 0 Å². The van der Waals surface area contributed by atoms with E-state index in [0.29, 0.717) is 11.2 Å². The van der Waals surface area contributed by atoms with Crippen molar-refractivity contribution in [3.63, 3.8) is 0 Å². The normalized spacial score (nSPS) is 41.1. The number of nitrogens with one attached hydrogen (secondary N) is 1. The van der Waals surface area contributed by atoms with E-state index in [2.05, 4.69) is 57.2 Å². The molecule has 1 spiro atoms. The van der Waals surface area contributed by atoms with Crippen molar-refractivity contribution in [2.45, 2.75) is 64.8 Å². The minimum atomic E-state index is -0.0495. The van der Waals surface area contributed by atoms with Crippen LogP contribution in [-0.2, 0) is 11.2 Å². The van der Waals surface area contributed by atoms with E-state index in [-0.39, 0.29) is 11.0 Å². The predicted octanol–water partition coefficient (Wildman–Crippen LogP) is 4.72. The monoisotopic (exact) mass is 390 g/mol. The van der Waals surface area contributed by atoms with Crippen LogP contribution in [0.15, 0.2) is 18.2 Å². The van der Waals surface area contributed by atoms with Crippen LogP contribution in [0.1, 0.15) is 62.6 Å². The average molecular weight is 391 g/mol. The molecule has 1 aliphatic heterocycles. The third kappa shape index (κ3) is 2.17. The van der Waals surface area contributed by atoms with Crippen LogP contribution in [0.4, 0.5) is 5.69 Å². The van der Waals surface area contributed by atoms with Gasteiger partial charge in [-0.05, 0) is 99.7 Å². The SMILES string of the molecule is Cc1cc2c(cc1N(C)C)/C(=C/C(=O)C13CC4CC5CC(C1)C54C3)NC(C)(C)C2. The van der Waals surface area contributed by atoms with Gasteiger partial charge in [0.1, 0.15) is 0 Å². The van der Waals surface area contributed by atoms with Crippen LogP contribution in [0.25, 0.3) is 5.70 Å². The van der Waals surface area contributed by atoms with E-state index in [9.17, 15) is 4.79 Å². The van der Waals surface area contributed by atoms with Gasteiger partial charge in [0.2, 0.25) is 0 Å². The van der Waals surface area contributed by atoms with Gasteiger partial charge in [0.25, 0.3) is 0 Å². The van der Waals surface area contributed by atoms with Crippen molar-refractivity contribution in [2.24, 2.45) is 28.6 Å². The van der Waals surface area contributed by atoms with Crippen LogP contribution in [0.5, 0.6) is 0 Å². The molecule has 2 atom stereocenters. The van der Waals surface area contributed by atoms with Crippen molar-refractivity contribution in [1.29, 1.82) is 0 Å². The largest absolute Gasteiger partial charge is 0.379 e. The summed E-state index contributed by atoms with van der Waals surface area (Å²) in [5.41, 5.74) is 6.70. The van der Waals surface area contributed by atoms with Gasteiger partial charge >= 0.3 is 0 Å². The Morgan fingerprint density at radius 1 is 1.14 bits per heavy atom. The molecule has 0 saturated heterocycles. The van der Waals surface area contributed by atoms with E-state index in [1.807, 2.05) is 6.08 Å². The fourth-order valence-corrected chi connectivity index (χ4v) is 8.35. The van der Waals surface area contributed by atoms with E-state index in [1.165, 1.54) is 41.6 Å². The number of fused-ring (bicyclic) bond motifs is 2. The fraction of sp³-hybridized carbons (Fsp3) is 0.654. The van der Waals surface area contributed by atoms with Gasteiger partial charge < -0.3 is 10.2 Å². The Labute approximate surface area is 174 Å². The Bertz CT molecular complexity index is 953. The number of nitrogens with zero attached hydrogens (tertiary/aromatic N) is 1. The Balaban J connectivity index is 1.40. The van der Waals surface area contributed by atoms with E-state index < -0.39 is 0 Å². The third-order valence-corrected chi connectivity index (χ3v) is 9.43. The number of carbonyl (C=O) groups excluding carboxylic acids is 1. The van der Waals surface area contributed by atoms with Gasteiger partial charge in [-0.2, -0.15) is 0 Å². The number of aryl methyl sites for hydroxylation is 1. The number of ketones is 1. The zero-order chi connectivity index (χ0) is 20.3. The molecule has 4 fully saturated rings. The summed E-state index contributed by atoms with van der Waals surface area (Å²) in [5.74, 6) is 3.08. The highest BCUT2D eigenvalue weighted by Crippen LogP contribution is 2.84. The number of benzene rings is 1. The summed E-state index contributed by atoms with van der Waals surface area (Å²) < 4.78 is 0. The minimum Gasteiger partial charge on any atom is -0.379 e. The van der Waals surface area contributed by atoms with Gasteiger partial charge in [-0.25, -0.2) is 0 Å².